The third-order valence-electron chi connectivity index (χ3n) is 6.71. The number of aromatic nitrogens is 3. The third kappa shape index (κ3) is 4.25. The van der Waals surface area contributed by atoms with E-state index in [1.165, 1.54) is 12.8 Å². The van der Waals surface area contributed by atoms with Gasteiger partial charge in [-0.05, 0) is 85.4 Å². The fourth-order valence-electron chi connectivity index (χ4n) is 4.48. The molecule has 2 aliphatic rings. The Morgan fingerprint density at radius 2 is 1.90 bits per heavy atom. The van der Waals surface area contributed by atoms with E-state index < -0.39 is 0 Å². The number of pyridine rings is 1. The summed E-state index contributed by atoms with van der Waals surface area (Å²) in [6.45, 7) is 15.8. The van der Waals surface area contributed by atoms with E-state index in [0.717, 1.165) is 59.8 Å². The molecule has 1 aliphatic heterocycles. The molecule has 1 saturated carbocycles. The Morgan fingerprint density at radius 3 is 2.50 bits per heavy atom. The molecule has 3 heterocycles. The molecule has 4 rings (SSSR count). The van der Waals surface area contributed by atoms with Crippen LogP contribution in [0.5, 0.6) is 0 Å². The number of nitrogens with one attached hydrogen (secondary N) is 1. The molecule has 1 atom stereocenters. The van der Waals surface area contributed by atoms with E-state index in [2.05, 4.69) is 44.8 Å². The van der Waals surface area contributed by atoms with Crippen molar-refractivity contribution in [1.82, 2.24) is 25.0 Å². The molecule has 6 nitrogen and oxygen atoms in total. The van der Waals surface area contributed by atoms with E-state index in [-0.39, 0.29) is 11.4 Å². The first-order valence-corrected chi connectivity index (χ1v) is 11.6. The van der Waals surface area contributed by atoms with Crippen LogP contribution in [0.2, 0.25) is 0 Å². The zero-order chi connectivity index (χ0) is 21.6. The van der Waals surface area contributed by atoms with E-state index >= 15 is 0 Å². The number of hydrogen-bond acceptors (Lipinski definition) is 4. The van der Waals surface area contributed by atoms with Crippen molar-refractivity contribution in [3.63, 3.8) is 0 Å². The van der Waals surface area contributed by atoms with Gasteiger partial charge >= 0.3 is 0 Å². The van der Waals surface area contributed by atoms with Gasteiger partial charge < -0.3 is 5.32 Å². The Labute approximate surface area is 180 Å². The summed E-state index contributed by atoms with van der Waals surface area (Å²) in [6, 6.07) is 2.37. The molecule has 164 valence electrons. The average molecular weight is 412 g/mol. The van der Waals surface area contributed by atoms with Gasteiger partial charge in [0.15, 0.2) is 5.65 Å². The highest BCUT2D eigenvalue weighted by Gasteiger charge is 2.30. The minimum absolute atomic E-state index is 0.00177. The lowest BCUT2D eigenvalue weighted by atomic mass is 9.98. The van der Waals surface area contributed by atoms with Crippen molar-refractivity contribution >= 4 is 16.9 Å². The minimum atomic E-state index is -0.185. The van der Waals surface area contributed by atoms with Crippen molar-refractivity contribution in [3.8, 4) is 0 Å². The molecule has 1 N–H and O–H groups in total. The number of aryl methyl sites for hydroxylation is 1. The van der Waals surface area contributed by atoms with Gasteiger partial charge in [0.1, 0.15) is 0 Å². The fourth-order valence-corrected chi connectivity index (χ4v) is 4.48. The molecule has 0 radical (unpaired) electrons. The number of fused-ring (bicyclic) bond motifs is 1. The summed E-state index contributed by atoms with van der Waals surface area (Å²) in [4.78, 5) is 20.8. The molecule has 2 fully saturated rings. The lowest BCUT2D eigenvalue weighted by molar-refractivity contribution is 0.0923. The van der Waals surface area contributed by atoms with Crippen LogP contribution in [-0.2, 0) is 5.54 Å². The molecule has 1 saturated heterocycles. The van der Waals surface area contributed by atoms with Crippen molar-refractivity contribution in [2.75, 3.05) is 19.6 Å². The molecule has 6 heteroatoms. The van der Waals surface area contributed by atoms with Crippen LogP contribution < -0.4 is 5.32 Å². The summed E-state index contributed by atoms with van der Waals surface area (Å²) >= 11 is 0. The lowest BCUT2D eigenvalue weighted by Crippen LogP contribution is -2.45. The van der Waals surface area contributed by atoms with Gasteiger partial charge in [0, 0.05) is 24.2 Å². The van der Waals surface area contributed by atoms with Gasteiger partial charge in [0.25, 0.3) is 5.91 Å². The van der Waals surface area contributed by atoms with Gasteiger partial charge in [-0.25, -0.2) is 9.67 Å². The molecule has 0 spiro atoms. The number of piperidine rings is 1. The number of amides is 1. The van der Waals surface area contributed by atoms with Crippen molar-refractivity contribution in [2.45, 2.75) is 84.7 Å². The predicted octanol–water partition coefficient (Wildman–Crippen LogP) is 4.22. The minimum Gasteiger partial charge on any atom is -0.350 e. The van der Waals surface area contributed by atoms with Crippen molar-refractivity contribution in [3.05, 3.63) is 23.0 Å². The largest absolute Gasteiger partial charge is 0.350 e. The van der Waals surface area contributed by atoms with Crippen molar-refractivity contribution < 1.29 is 4.79 Å². The van der Waals surface area contributed by atoms with Crippen LogP contribution in [-0.4, -0.2) is 51.2 Å². The zero-order valence-electron chi connectivity index (χ0n) is 19.5. The van der Waals surface area contributed by atoms with Crippen LogP contribution in [0.25, 0.3) is 11.0 Å². The first-order valence-electron chi connectivity index (χ1n) is 11.6. The molecular weight excluding hydrogens is 374 g/mol. The standard InChI is InChI=1S/C24H37N5O/c1-15-9-11-28(12-10-15)16(2)14-25-23(30)19-13-20(18-7-8-18)26-22-21(19)17(3)27-29(22)24(4,5)6/h13,15-16,18H,7-12,14H2,1-6H3,(H,25,30). The van der Waals surface area contributed by atoms with E-state index in [9.17, 15) is 4.79 Å². The molecule has 30 heavy (non-hydrogen) atoms. The average Bonchev–Trinajstić information content (AvgIpc) is 3.48. The maximum absolute atomic E-state index is 13.3. The number of hydrogen-bond donors (Lipinski definition) is 1. The molecular formula is C24H37N5O. The monoisotopic (exact) mass is 411 g/mol. The predicted molar refractivity (Wildman–Crippen MR) is 121 cm³/mol. The summed E-state index contributed by atoms with van der Waals surface area (Å²) in [5.74, 6) is 1.30. The number of carbonyl (C=O) groups is 1. The molecule has 1 aliphatic carbocycles. The van der Waals surface area contributed by atoms with Crippen molar-refractivity contribution in [1.29, 1.82) is 0 Å². The molecule has 2 aromatic heterocycles. The Bertz CT molecular complexity index is 929. The molecule has 0 bridgehead atoms. The van der Waals surface area contributed by atoms with Crippen LogP contribution in [0.15, 0.2) is 6.07 Å². The topological polar surface area (TPSA) is 63.1 Å². The second-order valence-electron chi connectivity index (χ2n) is 10.5. The lowest BCUT2D eigenvalue weighted by Gasteiger charge is -2.35. The van der Waals surface area contributed by atoms with Gasteiger partial charge in [-0.3, -0.25) is 9.69 Å². The third-order valence-corrected chi connectivity index (χ3v) is 6.71. The fraction of sp³-hybridized carbons (Fsp3) is 0.708. The highest BCUT2D eigenvalue weighted by molar-refractivity contribution is 6.06. The second-order valence-corrected chi connectivity index (χ2v) is 10.5. The summed E-state index contributed by atoms with van der Waals surface area (Å²) in [7, 11) is 0. The van der Waals surface area contributed by atoms with Crippen LogP contribution in [0.4, 0.5) is 0 Å². The van der Waals surface area contributed by atoms with Gasteiger partial charge in [-0.1, -0.05) is 6.92 Å². The quantitative estimate of drug-likeness (QED) is 0.800. The zero-order valence-corrected chi connectivity index (χ0v) is 19.5. The van der Waals surface area contributed by atoms with Gasteiger partial charge in [0.05, 0.1) is 22.2 Å². The Morgan fingerprint density at radius 1 is 1.23 bits per heavy atom. The maximum atomic E-state index is 13.3. The van der Waals surface area contributed by atoms with E-state index in [4.69, 9.17) is 10.1 Å². The molecule has 1 amide bonds. The highest BCUT2D eigenvalue weighted by Crippen LogP contribution is 2.41. The smallest absolute Gasteiger partial charge is 0.252 e. The van der Waals surface area contributed by atoms with Crippen LogP contribution in [0, 0.1) is 12.8 Å². The Kier molecular flexibility index (Phi) is 5.64. The maximum Gasteiger partial charge on any atom is 0.252 e. The molecule has 2 aromatic rings. The number of likely N-dealkylation sites (tertiary alicyclic amines) is 1. The van der Waals surface area contributed by atoms with Gasteiger partial charge in [0.2, 0.25) is 0 Å². The van der Waals surface area contributed by atoms with Gasteiger partial charge in [-0.2, -0.15) is 5.10 Å². The Balaban J connectivity index is 1.59. The van der Waals surface area contributed by atoms with E-state index in [1.54, 1.807) is 0 Å². The van der Waals surface area contributed by atoms with Crippen molar-refractivity contribution in [2.24, 2.45) is 5.92 Å². The summed E-state index contributed by atoms with van der Waals surface area (Å²) in [5.41, 5.74) is 3.30. The molecule has 1 unspecified atom stereocenters. The summed E-state index contributed by atoms with van der Waals surface area (Å²) < 4.78 is 1.98. The normalized spacial score (nSPS) is 19.9. The van der Waals surface area contributed by atoms with E-state index in [0.29, 0.717) is 18.5 Å². The van der Waals surface area contributed by atoms with Crippen LogP contribution in [0.3, 0.4) is 0 Å². The molecule has 0 aromatic carbocycles. The Hall–Kier alpha value is -1.95. The van der Waals surface area contributed by atoms with Gasteiger partial charge in [-0.15, -0.1) is 0 Å². The number of nitrogens with zero attached hydrogens (tertiary/aromatic N) is 4. The van der Waals surface area contributed by atoms with Crippen LogP contribution >= 0.6 is 0 Å². The highest BCUT2D eigenvalue weighted by atomic mass is 16.1. The number of rotatable bonds is 5. The second kappa shape index (κ2) is 7.95. The number of carbonyl (C=O) groups excluding carboxylic acids is 1. The first-order chi connectivity index (χ1) is 14.1. The summed E-state index contributed by atoms with van der Waals surface area (Å²) in [5, 5.41) is 8.88. The SMILES string of the molecule is Cc1nn(C(C)(C)C)c2nc(C3CC3)cc(C(=O)NCC(C)N3CCC(C)CC3)c12. The first kappa shape index (κ1) is 21.3. The summed E-state index contributed by atoms with van der Waals surface area (Å²) in [6.07, 6.45) is 4.82. The van der Waals surface area contributed by atoms with E-state index in [1.807, 2.05) is 17.7 Å². The van der Waals surface area contributed by atoms with Crippen LogP contribution in [0.1, 0.15) is 88.0 Å².